The Morgan fingerprint density at radius 3 is 1.86 bits per heavy atom. The molecule has 0 amide bonds. The molecule has 80 valence electrons. The van der Waals surface area contributed by atoms with Gasteiger partial charge in [0.1, 0.15) is 0 Å². The highest BCUT2D eigenvalue weighted by molar-refractivity contribution is 5.80. The van der Waals surface area contributed by atoms with E-state index in [1.165, 1.54) is 10.8 Å². The highest BCUT2D eigenvalue weighted by atomic mass is 16.0. The molecule has 1 heterocycles. The maximum absolute atomic E-state index is 4.01. The molecule has 0 aliphatic carbocycles. The minimum atomic E-state index is 0. The first-order chi connectivity index (χ1) is 4.97. The second-order valence-electron chi connectivity index (χ2n) is 2.22. The lowest BCUT2D eigenvalue weighted by molar-refractivity contribution is 0.823. The molecule has 8 N–H and O–H groups in total. The molecule has 5 nitrogen and oxygen atoms in total. The fraction of sp³-hybridized carbons (Fsp3) is 0. The first-order valence-corrected chi connectivity index (χ1v) is 3.25. The zero-order chi connectivity index (χ0) is 6.81. The Bertz CT molecular complexity index is 288. The number of hydrogen-bond acceptors (Lipinski definition) is 1. The van der Waals surface area contributed by atoms with Crippen molar-refractivity contribution in [2.24, 2.45) is 0 Å². The fourth-order valence-electron chi connectivity index (χ4n) is 1.03. The molecule has 2 aromatic rings. The second-order valence-corrected chi connectivity index (χ2v) is 2.22. The maximum Gasteiger partial charge on any atom is 0.0346 e. The third-order valence-electron chi connectivity index (χ3n) is 1.55. The van der Waals surface area contributed by atoms with Crippen molar-refractivity contribution in [2.45, 2.75) is 0 Å². The van der Waals surface area contributed by atoms with Gasteiger partial charge < -0.3 is 21.9 Å². The molecule has 0 atom stereocenters. The number of benzene rings is 1. The van der Waals surface area contributed by atoms with Crippen LogP contribution in [0.15, 0.2) is 42.7 Å². The summed E-state index contributed by atoms with van der Waals surface area (Å²) in [7, 11) is 0. The predicted octanol–water partition coefficient (Wildman–Crippen LogP) is -1.06. The Balaban J connectivity index is -0.000000302. The molecule has 1 aromatic carbocycles. The molecule has 0 saturated heterocycles. The second kappa shape index (κ2) is 8.09. The summed E-state index contributed by atoms with van der Waals surface area (Å²) in [4.78, 5) is 4.01. The van der Waals surface area contributed by atoms with Gasteiger partial charge >= 0.3 is 0 Å². The van der Waals surface area contributed by atoms with Crippen molar-refractivity contribution >= 4 is 10.8 Å². The summed E-state index contributed by atoms with van der Waals surface area (Å²) in [6.07, 6.45) is 3.68. The Kier molecular flexibility index (Phi) is 10.6. The number of hydrogen-bond donors (Lipinski definition) is 0. The van der Waals surface area contributed by atoms with Crippen molar-refractivity contribution in [1.82, 2.24) is 4.98 Å². The monoisotopic (exact) mass is 201 g/mol. The first kappa shape index (κ1) is 18.3. The molecule has 0 aliphatic rings. The summed E-state index contributed by atoms with van der Waals surface area (Å²) >= 11 is 0. The van der Waals surface area contributed by atoms with Crippen LogP contribution in [-0.2, 0) is 0 Å². The first-order valence-electron chi connectivity index (χ1n) is 3.25. The Morgan fingerprint density at radius 1 is 0.714 bits per heavy atom. The van der Waals surface area contributed by atoms with Crippen LogP contribution in [0.1, 0.15) is 0 Å². The molecule has 0 spiro atoms. The van der Waals surface area contributed by atoms with E-state index in [4.69, 9.17) is 0 Å². The third kappa shape index (κ3) is 3.46. The summed E-state index contributed by atoms with van der Waals surface area (Å²) < 4.78 is 0. The average Bonchev–Trinajstić information content (AvgIpc) is 2.05. The summed E-state index contributed by atoms with van der Waals surface area (Å²) in [5.41, 5.74) is 0. The van der Waals surface area contributed by atoms with E-state index in [2.05, 4.69) is 17.1 Å². The van der Waals surface area contributed by atoms with Gasteiger partial charge in [0.05, 0.1) is 0 Å². The van der Waals surface area contributed by atoms with Crippen LogP contribution in [0.4, 0.5) is 0 Å². The van der Waals surface area contributed by atoms with Crippen LogP contribution in [0.25, 0.3) is 10.8 Å². The third-order valence-corrected chi connectivity index (χ3v) is 1.55. The minimum Gasteiger partial charge on any atom is -0.412 e. The molecule has 0 aliphatic heterocycles. The van der Waals surface area contributed by atoms with Gasteiger partial charge in [-0.25, -0.2) is 0 Å². The molecule has 5 heteroatoms. The van der Waals surface area contributed by atoms with Gasteiger partial charge in [0, 0.05) is 12.4 Å². The van der Waals surface area contributed by atoms with Gasteiger partial charge in [-0.05, 0) is 16.8 Å². The number of rotatable bonds is 0. The lowest BCUT2D eigenvalue weighted by Gasteiger charge is -1.91. The molecular formula is C9H15NO4. The molecule has 1 aromatic heterocycles. The topological polar surface area (TPSA) is 139 Å². The Hall–Kier alpha value is -1.53. The van der Waals surface area contributed by atoms with Crippen LogP contribution in [-0.4, -0.2) is 26.9 Å². The molecule has 0 bridgehead atoms. The van der Waals surface area contributed by atoms with Gasteiger partial charge in [0.15, 0.2) is 0 Å². The van der Waals surface area contributed by atoms with Crippen LogP contribution in [0.5, 0.6) is 0 Å². The summed E-state index contributed by atoms with van der Waals surface area (Å²) in [5.74, 6) is 0. The van der Waals surface area contributed by atoms with Crippen LogP contribution in [0.3, 0.4) is 0 Å². The van der Waals surface area contributed by atoms with Crippen molar-refractivity contribution in [2.75, 3.05) is 0 Å². The fourth-order valence-corrected chi connectivity index (χ4v) is 1.03. The zero-order valence-corrected chi connectivity index (χ0v) is 7.49. The maximum atomic E-state index is 4.01. The summed E-state index contributed by atoms with van der Waals surface area (Å²) in [5, 5.41) is 2.45. The van der Waals surface area contributed by atoms with Gasteiger partial charge in [-0.15, -0.1) is 0 Å². The van der Waals surface area contributed by atoms with E-state index in [1.54, 1.807) is 0 Å². The summed E-state index contributed by atoms with van der Waals surface area (Å²) in [6, 6.07) is 10.2. The zero-order valence-electron chi connectivity index (χ0n) is 7.49. The van der Waals surface area contributed by atoms with Crippen LogP contribution in [0.2, 0.25) is 0 Å². The van der Waals surface area contributed by atoms with Gasteiger partial charge in [-0.2, -0.15) is 0 Å². The predicted molar refractivity (Wildman–Crippen MR) is 56.2 cm³/mol. The number of pyridine rings is 1. The standard InChI is InChI=1S/C9H7N.4H2O/c1-2-4-9-7-10-6-5-8(9)3-1;;;;/h1-7H;4*1H2. The average molecular weight is 201 g/mol. The van der Waals surface area contributed by atoms with Crippen molar-refractivity contribution in [3.8, 4) is 0 Å². The normalized spacial score (nSPS) is 7.14. The number of fused-ring (bicyclic) bond motifs is 1. The van der Waals surface area contributed by atoms with Crippen LogP contribution >= 0.6 is 0 Å². The highest BCUT2D eigenvalue weighted by Crippen LogP contribution is 2.09. The lowest BCUT2D eigenvalue weighted by atomic mass is 10.2. The Morgan fingerprint density at radius 2 is 1.29 bits per heavy atom. The molecule has 14 heavy (non-hydrogen) atoms. The molecule has 0 fully saturated rings. The van der Waals surface area contributed by atoms with Crippen molar-refractivity contribution in [3.63, 3.8) is 0 Å². The highest BCUT2D eigenvalue weighted by Gasteiger charge is 1.86. The van der Waals surface area contributed by atoms with Crippen LogP contribution in [0, 0.1) is 0 Å². The van der Waals surface area contributed by atoms with E-state index in [1.807, 2.05) is 30.6 Å². The van der Waals surface area contributed by atoms with E-state index in [0.717, 1.165) is 0 Å². The molecule has 2 rings (SSSR count). The minimum absolute atomic E-state index is 0. The van der Waals surface area contributed by atoms with Gasteiger partial charge in [-0.3, -0.25) is 4.98 Å². The SMILES string of the molecule is O.O.O.O.c1ccc2cnccc2c1. The Labute approximate surface area is 81.3 Å². The van der Waals surface area contributed by atoms with E-state index >= 15 is 0 Å². The van der Waals surface area contributed by atoms with Gasteiger partial charge in [-0.1, -0.05) is 24.3 Å². The summed E-state index contributed by atoms with van der Waals surface area (Å²) in [6.45, 7) is 0. The molecule has 0 saturated carbocycles. The van der Waals surface area contributed by atoms with Gasteiger partial charge in [0.25, 0.3) is 0 Å². The van der Waals surface area contributed by atoms with E-state index in [9.17, 15) is 0 Å². The molecule has 0 radical (unpaired) electrons. The molecular weight excluding hydrogens is 186 g/mol. The lowest BCUT2D eigenvalue weighted by Crippen LogP contribution is -1.71. The van der Waals surface area contributed by atoms with Crippen LogP contribution < -0.4 is 0 Å². The van der Waals surface area contributed by atoms with E-state index in [-0.39, 0.29) is 21.9 Å². The van der Waals surface area contributed by atoms with E-state index in [0.29, 0.717) is 0 Å². The quantitative estimate of drug-likeness (QED) is 0.526. The van der Waals surface area contributed by atoms with Crippen molar-refractivity contribution in [1.29, 1.82) is 0 Å². The van der Waals surface area contributed by atoms with Gasteiger partial charge in [0.2, 0.25) is 0 Å². The smallest absolute Gasteiger partial charge is 0.0346 e. The van der Waals surface area contributed by atoms with Crippen molar-refractivity contribution < 1.29 is 21.9 Å². The largest absolute Gasteiger partial charge is 0.412 e. The molecule has 0 unspecified atom stereocenters. The number of aromatic nitrogens is 1. The number of nitrogens with zero attached hydrogens (tertiary/aromatic N) is 1. The van der Waals surface area contributed by atoms with E-state index < -0.39 is 0 Å². The van der Waals surface area contributed by atoms with Crippen molar-refractivity contribution in [3.05, 3.63) is 42.7 Å².